The van der Waals surface area contributed by atoms with Crippen LogP contribution in [0.4, 0.5) is 0 Å². The largest absolute Gasteiger partial charge is 0.377 e. The number of tetrazole rings is 1. The number of ether oxygens (including phenoxy) is 1. The van der Waals surface area contributed by atoms with Crippen molar-refractivity contribution in [3.05, 3.63) is 0 Å². The van der Waals surface area contributed by atoms with Gasteiger partial charge in [-0.2, -0.15) is 0 Å². The minimum atomic E-state index is 0.364. The van der Waals surface area contributed by atoms with Gasteiger partial charge in [0.25, 0.3) is 0 Å². The van der Waals surface area contributed by atoms with Crippen LogP contribution in [0.25, 0.3) is 0 Å². The Bertz CT molecular complexity index is 326. The van der Waals surface area contributed by atoms with Gasteiger partial charge in [-0.25, -0.2) is 4.68 Å². The van der Waals surface area contributed by atoms with Gasteiger partial charge in [0.15, 0.2) is 0 Å². The highest BCUT2D eigenvalue weighted by atomic mass is 32.2. The number of hydrogen-bond donors (Lipinski definition) is 1. The average molecular weight is 257 g/mol. The van der Waals surface area contributed by atoms with Crippen LogP contribution < -0.4 is 5.32 Å². The quantitative estimate of drug-likeness (QED) is 0.751. The molecule has 1 aliphatic heterocycles. The zero-order valence-corrected chi connectivity index (χ0v) is 10.9. The molecule has 0 radical (unpaired) electrons. The zero-order chi connectivity index (χ0) is 11.9. The number of nitrogens with zero attached hydrogens (tertiary/aromatic N) is 4. The topological polar surface area (TPSA) is 64.9 Å². The molecule has 0 spiro atoms. The molecule has 0 bridgehead atoms. The van der Waals surface area contributed by atoms with Gasteiger partial charge >= 0.3 is 0 Å². The predicted octanol–water partition coefficient (Wildman–Crippen LogP) is 0.554. The van der Waals surface area contributed by atoms with Crippen LogP contribution in [0.3, 0.4) is 0 Å². The number of rotatable bonds is 6. The fourth-order valence-corrected chi connectivity index (χ4v) is 2.73. The van der Waals surface area contributed by atoms with Gasteiger partial charge in [-0.15, -0.1) is 5.10 Å². The Morgan fingerprint density at radius 3 is 3.24 bits per heavy atom. The molecule has 1 N–H and O–H groups in total. The first kappa shape index (κ1) is 12.8. The highest BCUT2D eigenvalue weighted by Crippen LogP contribution is 2.21. The molecule has 1 aromatic heterocycles. The van der Waals surface area contributed by atoms with E-state index in [0.717, 1.165) is 37.0 Å². The lowest BCUT2D eigenvalue weighted by Crippen LogP contribution is -2.22. The Morgan fingerprint density at radius 1 is 1.53 bits per heavy atom. The number of likely N-dealkylation sites (N-methyl/N-ethyl adjacent to an activating group) is 1. The van der Waals surface area contributed by atoms with E-state index in [1.807, 2.05) is 11.7 Å². The van der Waals surface area contributed by atoms with Crippen molar-refractivity contribution in [1.82, 2.24) is 25.5 Å². The highest BCUT2D eigenvalue weighted by molar-refractivity contribution is 7.99. The van der Waals surface area contributed by atoms with Crippen molar-refractivity contribution < 1.29 is 4.74 Å². The van der Waals surface area contributed by atoms with Crippen molar-refractivity contribution in [2.24, 2.45) is 0 Å². The van der Waals surface area contributed by atoms with E-state index in [-0.39, 0.29) is 0 Å². The van der Waals surface area contributed by atoms with Crippen LogP contribution in [0.2, 0.25) is 0 Å². The SMILES string of the molecule is CNCCn1nnnc1SCC1CCCCO1. The van der Waals surface area contributed by atoms with E-state index in [2.05, 4.69) is 20.8 Å². The fraction of sp³-hybridized carbons (Fsp3) is 0.900. The van der Waals surface area contributed by atoms with Gasteiger partial charge in [0.05, 0.1) is 12.6 Å². The molecule has 1 aliphatic rings. The summed E-state index contributed by atoms with van der Waals surface area (Å²) in [6.07, 6.45) is 3.99. The third-order valence-corrected chi connectivity index (χ3v) is 3.83. The highest BCUT2D eigenvalue weighted by Gasteiger charge is 2.16. The van der Waals surface area contributed by atoms with Crippen LogP contribution in [-0.4, -0.2) is 52.3 Å². The van der Waals surface area contributed by atoms with Gasteiger partial charge in [-0.3, -0.25) is 0 Å². The number of thioether (sulfide) groups is 1. The average Bonchev–Trinajstić information content (AvgIpc) is 2.82. The molecule has 7 heteroatoms. The van der Waals surface area contributed by atoms with Crippen LogP contribution in [0.5, 0.6) is 0 Å². The molecule has 96 valence electrons. The van der Waals surface area contributed by atoms with E-state index in [0.29, 0.717) is 6.10 Å². The summed E-state index contributed by atoms with van der Waals surface area (Å²) in [5, 5.41) is 15.7. The molecule has 1 aromatic rings. The molecule has 0 amide bonds. The second-order valence-electron chi connectivity index (χ2n) is 4.09. The summed E-state index contributed by atoms with van der Waals surface area (Å²) < 4.78 is 7.52. The van der Waals surface area contributed by atoms with Gasteiger partial charge in [-0.1, -0.05) is 11.8 Å². The Balaban J connectivity index is 1.79. The van der Waals surface area contributed by atoms with E-state index in [1.165, 1.54) is 12.8 Å². The third-order valence-electron chi connectivity index (χ3n) is 2.74. The summed E-state index contributed by atoms with van der Waals surface area (Å²) in [6.45, 7) is 2.58. The van der Waals surface area contributed by atoms with E-state index in [9.17, 15) is 0 Å². The van der Waals surface area contributed by atoms with Crippen LogP contribution in [-0.2, 0) is 11.3 Å². The van der Waals surface area contributed by atoms with Gasteiger partial charge in [0.1, 0.15) is 0 Å². The van der Waals surface area contributed by atoms with Gasteiger partial charge in [0, 0.05) is 18.9 Å². The summed E-state index contributed by atoms with van der Waals surface area (Å²) in [4.78, 5) is 0. The van der Waals surface area contributed by atoms with Crippen LogP contribution in [0.15, 0.2) is 5.16 Å². The summed E-state index contributed by atoms with van der Waals surface area (Å²) in [5.41, 5.74) is 0. The second kappa shape index (κ2) is 6.93. The molecule has 2 rings (SSSR count). The van der Waals surface area contributed by atoms with E-state index < -0.39 is 0 Å². The van der Waals surface area contributed by atoms with E-state index >= 15 is 0 Å². The number of hydrogen-bond acceptors (Lipinski definition) is 6. The van der Waals surface area contributed by atoms with Crippen molar-refractivity contribution in [2.75, 3.05) is 26.0 Å². The van der Waals surface area contributed by atoms with Crippen LogP contribution in [0, 0.1) is 0 Å². The standard InChI is InChI=1S/C10H19N5OS/c1-11-5-6-15-10(12-13-14-15)17-8-9-4-2-3-7-16-9/h9,11H,2-8H2,1H3. The molecular weight excluding hydrogens is 238 g/mol. The Hall–Kier alpha value is -0.660. The molecule has 6 nitrogen and oxygen atoms in total. The van der Waals surface area contributed by atoms with Crippen molar-refractivity contribution in [2.45, 2.75) is 37.1 Å². The molecule has 1 unspecified atom stereocenters. The summed E-state index contributed by atoms with van der Waals surface area (Å²) in [7, 11) is 1.92. The Kier molecular flexibility index (Phi) is 5.21. The lowest BCUT2D eigenvalue weighted by atomic mass is 10.1. The molecular formula is C10H19N5OS. The van der Waals surface area contributed by atoms with E-state index in [1.54, 1.807) is 11.8 Å². The summed E-state index contributed by atoms with van der Waals surface area (Å²) in [5.74, 6) is 0.944. The van der Waals surface area contributed by atoms with Gasteiger partial charge < -0.3 is 10.1 Å². The van der Waals surface area contributed by atoms with E-state index in [4.69, 9.17) is 4.74 Å². The fourth-order valence-electron chi connectivity index (χ4n) is 1.76. The molecule has 0 saturated carbocycles. The zero-order valence-electron chi connectivity index (χ0n) is 10.1. The summed E-state index contributed by atoms with van der Waals surface area (Å²) in [6, 6.07) is 0. The minimum absolute atomic E-state index is 0.364. The first-order valence-electron chi connectivity index (χ1n) is 6.05. The molecule has 1 fully saturated rings. The summed E-state index contributed by atoms with van der Waals surface area (Å²) >= 11 is 1.68. The molecule has 1 saturated heterocycles. The maximum atomic E-state index is 5.69. The van der Waals surface area contributed by atoms with Crippen molar-refractivity contribution in [3.8, 4) is 0 Å². The predicted molar refractivity (Wildman–Crippen MR) is 66.1 cm³/mol. The van der Waals surface area contributed by atoms with Crippen LogP contribution in [0.1, 0.15) is 19.3 Å². The van der Waals surface area contributed by atoms with Gasteiger partial charge in [0.2, 0.25) is 5.16 Å². The number of nitrogens with one attached hydrogen (secondary N) is 1. The van der Waals surface area contributed by atoms with Crippen molar-refractivity contribution >= 4 is 11.8 Å². The van der Waals surface area contributed by atoms with Crippen molar-refractivity contribution in [1.29, 1.82) is 0 Å². The van der Waals surface area contributed by atoms with Gasteiger partial charge in [-0.05, 0) is 36.7 Å². The lowest BCUT2D eigenvalue weighted by Gasteiger charge is -2.21. The minimum Gasteiger partial charge on any atom is -0.377 e. The first-order chi connectivity index (χ1) is 8.40. The third kappa shape index (κ3) is 3.93. The first-order valence-corrected chi connectivity index (χ1v) is 7.04. The second-order valence-corrected chi connectivity index (χ2v) is 5.07. The van der Waals surface area contributed by atoms with Crippen molar-refractivity contribution in [3.63, 3.8) is 0 Å². The number of aromatic nitrogens is 4. The Labute approximate surface area is 105 Å². The normalized spacial score (nSPS) is 20.6. The molecule has 1 atom stereocenters. The lowest BCUT2D eigenvalue weighted by molar-refractivity contribution is 0.0315. The molecule has 17 heavy (non-hydrogen) atoms. The molecule has 2 heterocycles. The monoisotopic (exact) mass is 257 g/mol. The maximum Gasteiger partial charge on any atom is 0.209 e. The Morgan fingerprint density at radius 2 is 2.47 bits per heavy atom. The molecule has 0 aromatic carbocycles. The maximum absolute atomic E-state index is 5.69. The van der Waals surface area contributed by atoms with Crippen LogP contribution >= 0.6 is 11.8 Å². The molecule has 0 aliphatic carbocycles. The smallest absolute Gasteiger partial charge is 0.209 e.